The zero-order valence-electron chi connectivity index (χ0n) is 8.91. The van der Waals surface area contributed by atoms with Crippen molar-refractivity contribution in [3.05, 3.63) is 35.4 Å². The highest BCUT2D eigenvalue weighted by Crippen LogP contribution is 2.26. The van der Waals surface area contributed by atoms with Crippen LogP contribution in [-0.2, 0) is 14.7 Å². The minimum Gasteiger partial charge on any atom is -0.275 e. The van der Waals surface area contributed by atoms with Crippen molar-refractivity contribution in [2.24, 2.45) is 0 Å². The summed E-state index contributed by atoms with van der Waals surface area (Å²) in [6.45, 7) is 6.04. The van der Waals surface area contributed by atoms with Gasteiger partial charge in [-0.05, 0) is 17.0 Å². The third kappa shape index (κ3) is 2.94. The minimum absolute atomic E-state index is 0.137. The van der Waals surface area contributed by atoms with Crippen LogP contribution >= 0.6 is 11.9 Å². The van der Waals surface area contributed by atoms with E-state index in [1.807, 2.05) is 32.9 Å². The van der Waals surface area contributed by atoms with E-state index in [9.17, 15) is 4.79 Å². The summed E-state index contributed by atoms with van der Waals surface area (Å²) >= 11 is 4.87. The van der Waals surface area contributed by atoms with Crippen LogP contribution in [-0.4, -0.2) is 5.97 Å². The molecule has 0 bridgehead atoms. The Morgan fingerprint density at radius 1 is 1.27 bits per heavy atom. The Bertz CT molecular complexity index is 355. The molecule has 0 amide bonds. The van der Waals surface area contributed by atoms with Crippen molar-refractivity contribution in [3.63, 3.8) is 0 Å². The molecule has 0 aliphatic rings. The van der Waals surface area contributed by atoms with E-state index in [4.69, 9.17) is 11.9 Å². The molecule has 0 atom stereocenters. The van der Waals surface area contributed by atoms with Crippen LogP contribution < -0.4 is 0 Å². The van der Waals surface area contributed by atoms with Crippen LogP contribution in [0.1, 0.15) is 36.7 Å². The van der Waals surface area contributed by atoms with Gasteiger partial charge in [0.1, 0.15) is 11.9 Å². The van der Waals surface area contributed by atoms with Gasteiger partial charge >= 0.3 is 5.97 Å². The number of carbonyl (C=O) groups excluding carboxylic acids is 1. The molecule has 0 saturated carbocycles. The van der Waals surface area contributed by atoms with Crippen LogP contribution in [0.2, 0.25) is 0 Å². The maximum Gasteiger partial charge on any atom is 0.375 e. The standard InChI is InChI=1S/C11H13ClO3/c1-11(2,3)9-7-5-4-6-8(9)10(13)14-15-12/h4-7H,1-3H3. The van der Waals surface area contributed by atoms with Gasteiger partial charge in [-0.1, -0.05) is 43.4 Å². The Hall–Kier alpha value is -1.06. The quantitative estimate of drug-likeness (QED) is 0.576. The van der Waals surface area contributed by atoms with Gasteiger partial charge in [0.05, 0.1) is 5.56 Å². The number of halogens is 1. The average molecular weight is 229 g/mol. The number of benzene rings is 1. The van der Waals surface area contributed by atoms with Crippen molar-refractivity contribution in [1.82, 2.24) is 0 Å². The van der Waals surface area contributed by atoms with Gasteiger partial charge in [-0.3, -0.25) is 4.89 Å². The molecule has 15 heavy (non-hydrogen) atoms. The third-order valence-corrected chi connectivity index (χ3v) is 2.13. The summed E-state index contributed by atoms with van der Waals surface area (Å²) in [4.78, 5) is 15.8. The molecule has 0 heterocycles. The topological polar surface area (TPSA) is 35.5 Å². The molecule has 0 spiro atoms. The third-order valence-electron chi connectivity index (χ3n) is 2.06. The van der Waals surface area contributed by atoms with E-state index in [0.717, 1.165) is 5.56 Å². The predicted molar refractivity (Wildman–Crippen MR) is 57.5 cm³/mol. The zero-order chi connectivity index (χ0) is 11.5. The van der Waals surface area contributed by atoms with Gasteiger partial charge in [0, 0.05) is 0 Å². The average Bonchev–Trinajstić information content (AvgIpc) is 2.17. The van der Waals surface area contributed by atoms with Gasteiger partial charge in [0.15, 0.2) is 0 Å². The molecule has 3 nitrogen and oxygen atoms in total. The van der Waals surface area contributed by atoms with E-state index in [0.29, 0.717) is 5.56 Å². The van der Waals surface area contributed by atoms with Crippen molar-refractivity contribution in [3.8, 4) is 0 Å². The predicted octanol–water partition coefficient (Wildman–Crippen LogP) is 3.23. The lowest BCUT2D eigenvalue weighted by atomic mass is 9.84. The first-order chi connectivity index (χ1) is 6.96. The molecule has 0 radical (unpaired) electrons. The zero-order valence-corrected chi connectivity index (χ0v) is 9.67. The van der Waals surface area contributed by atoms with E-state index in [2.05, 4.69) is 9.33 Å². The maximum atomic E-state index is 11.5. The fourth-order valence-corrected chi connectivity index (χ4v) is 1.45. The number of rotatable bonds is 2. The lowest BCUT2D eigenvalue weighted by Gasteiger charge is -2.21. The smallest absolute Gasteiger partial charge is 0.275 e. The highest BCUT2D eigenvalue weighted by atomic mass is 35.5. The lowest BCUT2D eigenvalue weighted by Crippen LogP contribution is -2.17. The SMILES string of the molecule is CC(C)(C)c1ccccc1C(=O)OOCl. The monoisotopic (exact) mass is 228 g/mol. The summed E-state index contributed by atoms with van der Waals surface area (Å²) in [6.07, 6.45) is 0. The van der Waals surface area contributed by atoms with Crippen LogP contribution in [0.15, 0.2) is 24.3 Å². The molecular weight excluding hydrogens is 216 g/mol. The Balaban J connectivity index is 3.12. The van der Waals surface area contributed by atoms with Gasteiger partial charge in [0.25, 0.3) is 0 Å². The molecule has 1 aromatic rings. The van der Waals surface area contributed by atoms with Crippen molar-refractivity contribution < 1.29 is 14.1 Å². The maximum absolute atomic E-state index is 11.5. The second-order valence-corrected chi connectivity index (χ2v) is 4.36. The molecule has 82 valence electrons. The van der Waals surface area contributed by atoms with Crippen molar-refractivity contribution >= 4 is 17.8 Å². The van der Waals surface area contributed by atoms with Crippen LogP contribution in [0, 0.1) is 0 Å². The molecule has 0 fully saturated rings. The molecule has 0 N–H and O–H groups in total. The van der Waals surface area contributed by atoms with E-state index < -0.39 is 5.97 Å². The first-order valence-corrected chi connectivity index (χ1v) is 4.87. The number of hydrogen-bond acceptors (Lipinski definition) is 3. The van der Waals surface area contributed by atoms with Crippen LogP contribution in [0.3, 0.4) is 0 Å². The van der Waals surface area contributed by atoms with Crippen molar-refractivity contribution in [2.45, 2.75) is 26.2 Å². The number of carbonyl (C=O) groups is 1. The van der Waals surface area contributed by atoms with Gasteiger partial charge in [0.2, 0.25) is 0 Å². The molecule has 0 aliphatic heterocycles. The van der Waals surface area contributed by atoms with E-state index in [-0.39, 0.29) is 5.41 Å². The Kier molecular flexibility index (Phi) is 3.72. The van der Waals surface area contributed by atoms with Crippen molar-refractivity contribution in [2.75, 3.05) is 0 Å². The molecule has 4 heteroatoms. The molecule has 0 aliphatic carbocycles. The Morgan fingerprint density at radius 3 is 2.40 bits per heavy atom. The molecule has 1 aromatic carbocycles. The second kappa shape index (κ2) is 4.64. The molecule has 0 aromatic heterocycles. The number of hydrogen-bond donors (Lipinski definition) is 0. The lowest BCUT2D eigenvalue weighted by molar-refractivity contribution is -0.144. The fourth-order valence-electron chi connectivity index (χ4n) is 1.39. The van der Waals surface area contributed by atoms with Gasteiger partial charge in [-0.25, -0.2) is 4.79 Å². The van der Waals surface area contributed by atoms with Crippen LogP contribution in [0.5, 0.6) is 0 Å². The Morgan fingerprint density at radius 2 is 1.87 bits per heavy atom. The minimum atomic E-state index is -0.587. The largest absolute Gasteiger partial charge is 0.375 e. The van der Waals surface area contributed by atoms with Crippen LogP contribution in [0.4, 0.5) is 0 Å². The highest BCUT2D eigenvalue weighted by molar-refractivity contribution is 6.07. The first-order valence-electron chi connectivity index (χ1n) is 4.56. The second-order valence-electron chi connectivity index (χ2n) is 4.23. The summed E-state index contributed by atoms with van der Waals surface area (Å²) < 4.78 is 3.85. The molecular formula is C11H13ClO3. The summed E-state index contributed by atoms with van der Waals surface area (Å²) in [7, 11) is 0. The normalized spacial score (nSPS) is 11.2. The van der Waals surface area contributed by atoms with Crippen LogP contribution in [0.25, 0.3) is 0 Å². The van der Waals surface area contributed by atoms with Gasteiger partial charge < -0.3 is 0 Å². The van der Waals surface area contributed by atoms with Gasteiger partial charge in [-0.15, -0.1) is 0 Å². The fraction of sp³-hybridized carbons (Fsp3) is 0.364. The van der Waals surface area contributed by atoms with E-state index >= 15 is 0 Å². The van der Waals surface area contributed by atoms with E-state index in [1.165, 1.54) is 0 Å². The Labute approximate surface area is 94.0 Å². The summed E-state index contributed by atoms with van der Waals surface area (Å²) in [6, 6.07) is 7.20. The first kappa shape index (κ1) is 12.0. The molecule has 1 rings (SSSR count). The van der Waals surface area contributed by atoms with E-state index in [1.54, 1.807) is 12.1 Å². The highest BCUT2D eigenvalue weighted by Gasteiger charge is 2.22. The summed E-state index contributed by atoms with van der Waals surface area (Å²) in [5.41, 5.74) is 1.22. The van der Waals surface area contributed by atoms with Gasteiger partial charge in [-0.2, -0.15) is 0 Å². The van der Waals surface area contributed by atoms with Crippen molar-refractivity contribution in [1.29, 1.82) is 0 Å². The molecule has 0 unspecified atom stereocenters. The summed E-state index contributed by atoms with van der Waals surface area (Å²) in [5, 5.41) is 0. The summed E-state index contributed by atoms with van der Waals surface area (Å²) in [5.74, 6) is -0.587. The molecule has 0 saturated heterocycles.